The molecule has 0 aromatic carbocycles. The van der Waals surface area contributed by atoms with Gasteiger partial charge < -0.3 is 9.64 Å². The molecule has 0 N–H and O–H groups in total. The molecule has 0 spiro atoms. The average Bonchev–Trinajstić information content (AvgIpc) is 2.63. The lowest BCUT2D eigenvalue weighted by Crippen LogP contribution is -2.37. The minimum atomic E-state index is -0.559. The zero-order valence-electron chi connectivity index (χ0n) is 12.8. The summed E-state index contributed by atoms with van der Waals surface area (Å²) in [4.78, 5) is 43.0. The maximum atomic E-state index is 12.5. The van der Waals surface area contributed by atoms with E-state index in [9.17, 15) is 14.4 Å². The Balaban J connectivity index is 2.52. The van der Waals surface area contributed by atoms with Gasteiger partial charge in [0.2, 0.25) is 11.8 Å². The van der Waals surface area contributed by atoms with Gasteiger partial charge in [0.1, 0.15) is 5.88 Å². The van der Waals surface area contributed by atoms with E-state index in [1.165, 1.54) is 12.3 Å². The number of aromatic nitrogens is 1. The molecule has 122 valence electrons. The van der Waals surface area contributed by atoms with Crippen LogP contribution in [-0.4, -0.2) is 42.3 Å². The molecular weight excluding hydrogens is 322 g/mol. The number of amides is 2. The number of hydrogen-bond donors (Lipinski definition) is 0. The topological polar surface area (TPSA) is 79.8 Å². The van der Waals surface area contributed by atoms with Crippen LogP contribution >= 0.6 is 11.6 Å². The van der Waals surface area contributed by atoms with Gasteiger partial charge in [-0.1, -0.05) is 0 Å². The number of alkyl halides is 1. The molecule has 0 saturated carbocycles. The number of anilines is 2. The van der Waals surface area contributed by atoms with Gasteiger partial charge >= 0.3 is 5.97 Å². The lowest BCUT2D eigenvalue weighted by atomic mass is 10.2. The first-order valence-corrected chi connectivity index (χ1v) is 7.50. The summed E-state index contributed by atoms with van der Waals surface area (Å²) in [6.07, 6.45) is 2.62. The summed E-state index contributed by atoms with van der Waals surface area (Å²) in [6, 6.07) is 3.23. The van der Waals surface area contributed by atoms with Gasteiger partial charge in [-0.3, -0.25) is 9.59 Å². The van der Waals surface area contributed by atoms with Crippen molar-refractivity contribution in [1.29, 1.82) is 0 Å². The second-order valence-corrected chi connectivity index (χ2v) is 4.99. The lowest BCUT2D eigenvalue weighted by molar-refractivity contribution is -0.137. The Bertz CT molecular complexity index is 674. The van der Waals surface area contributed by atoms with Gasteiger partial charge in [0.15, 0.2) is 5.82 Å². The predicted molar refractivity (Wildman–Crippen MR) is 85.2 cm³/mol. The van der Waals surface area contributed by atoms with Crippen LogP contribution in [0, 0.1) is 0 Å². The van der Waals surface area contributed by atoms with Crippen molar-refractivity contribution in [3.8, 4) is 0 Å². The highest BCUT2D eigenvalue weighted by Crippen LogP contribution is 2.33. The molecule has 2 heterocycles. The van der Waals surface area contributed by atoms with E-state index in [4.69, 9.17) is 16.3 Å². The predicted octanol–water partition coefficient (Wildman–Crippen LogP) is 1.47. The molecule has 0 aliphatic carbocycles. The largest absolute Gasteiger partial charge is 0.463 e. The monoisotopic (exact) mass is 337 g/mol. The van der Waals surface area contributed by atoms with Gasteiger partial charge in [-0.15, -0.1) is 11.6 Å². The number of ether oxygens (including phenoxy) is 1. The zero-order valence-corrected chi connectivity index (χ0v) is 13.5. The minimum absolute atomic E-state index is 0.145. The SMILES string of the molecule is CCOC(=O)/C=C1\CC(=O)N(C(=O)CCl)c2cccnc2N1C. The molecule has 2 rings (SSSR count). The number of carbonyl (C=O) groups excluding carboxylic acids is 3. The number of rotatable bonds is 3. The van der Waals surface area contributed by atoms with E-state index >= 15 is 0 Å². The van der Waals surface area contributed by atoms with Crippen molar-refractivity contribution in [3.05, 3.63) is 30.1 Å². The number of pyridine rings is 1. The van der Waals surface area contributed by atoms with Crippen LogP contribution in [0.15, 0.2) is 30.1 Å². The summed E-state index contributed by atoms with van der Waals surface area (Å²) in [6.45, 7) is 1.92. The van der Waals surface area contributed by atoms with Crippen LogP contribution in [-0.2, 0) is 19.1 Å². The Labute approximate surface area is 138 Å². The molecule has 1 aliphatic rings. The molecule has 1 aromatic rings. The number of esters is 1. The third-order valence-corrected chi connectivity index (χ3v) is 3.50. The molecule has 0 atom stereocenters. The van der Waals surface area contributed by atoms with Gasteiger partial charge in [0, 0.05) is 25.0 Å². The molecule has 1 aromatic heterocycles. The molecule has 0 fully saturated rings. The third kappa shape index (κ3) is 3.50. The number of nitrogens with zero attached hydrogens (tertiary/aromatic N) is 3. The highest BCUT2D eigenvalue weighted by atomic mass is 35.5. The minimum Gasteiger partial charge on any atom is -0.463 e. The molecule has 23 heavy (non-hydrogen) atoms. The molecule has 2 amide bonds. The van der Waals surface area contributed by atoms with Gasteiger partial charge in [-0.25, -0.2) is 14.7 Å². The molecule has 0 radical (unpaired) electrons. The van der Waals surface area contributed by atoms with Gasteiger partial charge in [0.05, 0.1) is 18.7 Å². The van der Waals surface area contributed by atoms with Crippen LogP contribution < -0.4 is 9.80 Å². The van der Waals surface area contributed by atoms with Crippen LogP contribution in [0.2, 0.25) is 0 Å². The van der Waals surface area contributed by atoms with Crippen molar-refractivity contribution in [2.75, 3.05) is 29.3 Å². The van der Waals surface area contributed by atoms with Crippen LogP contribution in [0.3, 0.4) is 0 Å². The number of imide groups is 1. The van der Waals surface area contributed by atoms with Crippen LogP contribution in [0.5, 0.6) is 0 Å². The summed E-state index contributed by atoms with van der Waals surface area (Å²) in [5.74, 6) is -1.54. The highest BCUT2D eigenvalue weighted by Gasteiger charge is 2.32. The van der Waals surface area contributed by atoms with Gasteiger partial charge in [-0.2, -0.15) is 0 Å². The highest BCUT2D eigenvalue weighted by molar-refractivity contribution is 6.33. The average molecular weight is 338 g/mol. The Kier molecular flexibility index (Phi) is 5.33. The molecule has 8 heteroatoms. The molecule has 7 nitrogen and oxygen atoms in total. The fourth-order valence-corrected chi connectivity index (χ4v) is 2.36. The molecule has 0 saturated heterocycles. The second kappa shape index (κ2) is 7.23. The fourth-order valence-electron chi connectivity index (χ4n) is 2.25. The van der Waals surface area contributed by atoms with Gasteiger partial charge in [0.25, 0.3) is 0 Å². The summed E-state index contributed by atoms with van der Waals surface area (Å²) in [5.41, 5.74) is 0.719. The maximum absolute atomic E-state index is 12.5. The Morgan fingerprint density at radius 2 is 2.22 bits per heavy atom. The van der Waals surface area contributed by atoms with E-state index in [0.29, 0.717) is 17.2 Å². The van der Waals surface area contributed by atoms with Gasteiger partial charge in [-0.05, 0) is 19.1 Å². The lowest BCUT2D eigenvalue weighted by Gasteiger charge is -2.21. The number of hydrogen-bond acceptors (Lipinski definition) is 6. The molecule has 0 unspecified atom stereocenters. The van der Waals surface area contributed by atoms with Crippen LogP contribution in [0.25, 0.3) is 0 Å². The van der Waals surface area contributed by atoms with E-state index in [1.54, 1.807) is 31.0 Å². The quantitative estimate of drug-likeness (QED) is 0.472. The summed E-state index contributed by atoms with van der Waals surface area (Å²) in [7, 11) is 1.67. The summed E-state index contributed by atoms with van der Waals surface area (Å²) < 4.78 is 4.88. The molecule has 1 aliphatic heterocycles. The van der Waals surface area contributed by atoms with E-state index in [0.717, 1.165) is 4.90 Å². The van der Waals surface area contributed by atoms with Crippen molar-refractivity contribution >= 4 is 40.9 Å². The van der Waals surface area contributed by atoms with Crippen molar-refractivity contribution in [2.45, 2.75) is 13.3 Å². The van der Waals surface area contributed by atoms with E-state index in [1.807, 2.05) is 0 Å². The van der Waals surface area contributed by atoms with Crippen molar-refractivity contribution in [1.82, 2.24) is 4.98 Å². The third-order valence-electron chi connectivity index (χ3n) is 3.27. The standard InChI is InChI=1S/C15H16ClN3O4/c1-3-23-14(22)8-10-7-12(20)19(13(21)9-16)11-5-4-6-17-15(11)18(10)2/h4-6,8H,3,7,9H2,1-2H3/b10-8+. The number of fused-ring (bicyclic) bond motifs is 1. The van der Waals surface area contributed by atoms with Crippen LogP contribution in [0.4, 0.5) is 11.5 Å². The fraction of sp³-hybridized carbons (Fsp3) is 0.333. The van der Waals surface area contributed by atoms with Crippen molar-refractivity contribution in [2.24, 2.45) is 0 Å². The Morgan fingerprint density at radius 3 is 2.87 bits per heavy atom. The summed E-state index contributed by atoms with van der Waals surface area (Å²) in [5, 5.41) is 0. The first-order valence-electron chi connectivity index (χ1n) is 6.97. The van der Waals surface area contributed by atoms with E-state index < -0.39 is 17.8 Å². The van der Waals surface area contributed by atoms with Crippen molar-refractivity contribution < 1.29 is 19.1 Å². The normalized spacial score (nSPS) is 16.1. The smallest absolute Gasteiger partial charge is 0.332 e. The zero-order chi connectivity index (χ0) is 17.0. The van der Waals surface area contributed by atoms with Crippen molar-refractivity contribution in [3.63, 3.8) is 0 Å². The Hall–Kier alpha value is -2.41. The molecule has 0 bridgehead atoms. The molecular formula is C15H16ClN3O4. The first kappa shape index (κ1) is 17.0. The second-order valence-electron chi connectivity index (χ2n) is 4.73. The number of halogens is 1. The van der Waals surface area contributed by atoms with E-state index in [-0.39, 0.29) is 18.9 Å². The first-order chi connectivity index (χ1) is 11.0. The number of carbonyl (C=O) groups is 3. The Morgan fingerprint density at radius 1 is 1.48 bits per heavy atom. The summed E-state index contributed by atoms with van der Waals surface area (Å²) >= 11 is 5.60. The van der Waals surface area contributed by atoms with Crippen LogP contribution in [0.1, 0.15) is 13.3 Å². The van der Waals surface area contributed by atoms with E-state index in [2.05, 4.69) is 4.98 Å². The maximum Gasteiger partial charge on any atom is 0.332 e.